The second-order valence-corrected chi connectivity index (χ2v) is 7.28. The van der Waals surface area contributed by atoms with Gasteiger partial charge in [0.05, 0.1) is 5.56 Å². The van der Waals surface area contributed by atoms with Gasteiger partial charge in [-0.25, -0.2) is 9.59 Å². The lowest BCUT2D eigenvalue weighted by Gasteiger charge is -2.22. The minimum absolute atomic E-state index is 0.0625. The summed E-state index contributed by atoms with van der Waals surface area (Å²) in [7, 11) is 0. The van der Waals surface area contributed by atoms with Gasteiger partial charge in [-0.2, -0.15) is 4.58 Å². The largest absolute Gasteiger partial charge is 0.444 e. The van der Waals surface area contributed by atoms with Crippen molar-refractivity contribution in [3.05, 3.63) is 71.3 Å². The molecular weight excluding hydrogens is 328 g/mol. The highest BCUT2D eigenvalue weighted by Gasteiger charge is 2.33. The Labute approximate surface area is 153 Å². The Bertz CT molecular complexity index is 851. The van der Waals surface area contributed by atoms with E-state index in [1.165, 1.54) is 0 Å². The second-order valence-electron chi connectivity index (χ2n) is 7.28. The fourth-order valence-electron chi connectivity index (χ4n) is 2.89. The van der Waals surface area contributed by atoms with Crippen LogP contribution in [0.5, 0.6) is 0 Å². The van der Waals surface area contributed by atoms with E-state index in [4.69, 9.17) is 4.74 Å². The number of alkyl carbamates (subject to hydrolysis) is 1. The number of rotatable bonds is 4. The molecule has 134 valence electrons. The Hall–Kier alpha value is -2.95. The molecule has 0 aliphatic carbocycles. The van der Waals surface area contributed by atoms with Crippen LogP contribution in [0.3, 0.4) is 0 Å². The molecule has 0 saturated heterocycles. The Morgan fingerprint density at radius 1 is 1.08 bits per heavy atom. The van der Waals surface area contributed by atoms with Gasteiger partial charge in [-0.3, -0.25) is 0 Å². The van der Waals surface area contributed by atoms with Crippen LogP contribution in [0.2, 0.25) is 0 Å². The minimum atomic E-state index is -0.586. The van der Waals surface area contributed by atoms with Gasteiger partial charge >= 0.3 is 12.0 Å². The number of hydrogen-bond donors (Lipinski definition) is 1. The highest BCUT2D eigenvalue weighted by Crippen LogP contribution is 2.19. The van der Waals surface area contributed by atoms with Crippen LogP contribution < -0.4 is 5.32 Å². The average Bonchev–Trinajstić information content (AvgIpc) is 2.90. The Balaban J connectivity index is 1.81. The smallest absolute Gasteiger partial charge is 0.420 e. The van der Waals surface area contributed by atoms with Crippen LogP contribution in [-0.2, 0) is 4.74 Å². The van der Waals surface area contributed by atoms with Crippen LogP contribution in [0.1, 0.15) is 48.3 Å². The molecule has 1 N–H and O–H groups in total. The predicted molar refractivity (Wildman–Crippen MR) is 99.6 cm³/mol. The van der Waals surface area contributed by atoms with Crippen molar-refractivity contribution in [2.45, 2.75) is 32.4 Å². The molecule has 5 nitrogen and oxygen atoms in total. The molecule has 0 saturated carbocycles. The third kappa shape index (κ3) is 4.17. The maximum absolute atomic E-state index is 12.6. The summed E-state index contributed by atoms with van der Waals surface area (Å²) in [5, 5.41) is 2.89. The molecule has 0 spiro atoms. The van der Waals surface area contributed by atoms with Gasteiger partial charge in [-0.1, -0.05) is 42.5 Å². The van der Waals surface area contributed by atoms with Crippen LogP contribution in [-0.4, -0.2) is 34.9 Å². The number of carbonyl (C=O) groups excluding carboxylic acids is 2. The van der Waals surface area contributed by atoms with E-state index in [0.717, 1.165) is 11.1 Å². The van der Waals surface area contributed by atoms with Crippen LogP contribution in [0.15, 0.2) is 54.6 Å². The van der Waals surface area contributed by atoms with E-state index >= 15 is 0 Å². The normalized spacial score (nSPS) is 14.4. The molecule has 1 heterocycles. The maximum Gasteiger partial charge on any atom is 0.420 e. The lowest BCUT2D eigenvalue weighted by Crippen LogP contribution is -2.39. The molecule has 1 atom stereocenters. The molecular formula is C21H23N2O3+. The van der Waals surface area contributed by atoms with E-state index in [2.05, 4.69) is 5.32 Å². The van der Waals surface area contributed by atoms with Gasteiger partial charge in [0, 0.05) is 0 Å². The highest BCUT2D eigenvalue weighted by molar-refractivity contribution is 6.04. The third-order valence-electron chi connectivity index (χ3n) is 4.02. The van der Waals surface area contributed by atoms with Crippen molar-refractivity contribution in [3.63, 3.8) is 0 Å². The molecule has 1 aliphatic rings. The molecule has 0 aromatic heterocycles. The van der Waals surface area contributed by atoms with Gasteiger partial charge in [0.1, 0.15) is 17.2 Å². The molecule has 26 heavy (non-hydrogen) atoms. The highest BCUT2D eigenvalue weighted by atomic mass is 16.6. The monoisotopic (exact) mass is 351 g/mol. The van der Waals surface area contributed by atoms with Crippen molar-refractivity contribution in [1.29, 1.82) is 0 Å². The van der Waals surface area contributed by atoms with E-state index in [0.29, 0.717) is 12.1 Å². The molecule has 0 radical (unpaired) electrons. The predicted octanol–water partition coefficient (Wildman–Crippen LogP) is 3.54. The zero-order chi connectivity index (χ0) is 18.7. The second kappa shape index (κ2) is 7.12. The number of carbonyl (C=O) groups is 2. The first kappa shape index (κ1) is 17.9. The number of benzene rings is 2. The zero-order valence-electron chi connectivity index (χ0n) is 15.2. The SMILES string of the molecule is CC(C)(C)OC(=O)N[C@@H](C[N+]1=Cc2ccccc2C1=O)c1ccccc1. The molecule has 1 aliphatic heterocycles. The summed E-state index contributed by atoms with van der Waals surface area (Å²) in [5.41, 5.74) is 1.89. The van der Waals surface area contributed by atoms with Gasteiger partial charge < -0.3 is 10.1 Å². The molecule has 0 bridgehead atoms. The lowest BCUT2D eigenvalue weighted by atomic mass is 10.1. The zero-order valence-corrected chi connectivity index (χ0v) is 15.2. The van der Waals surface area contributed by atoms with E-state index in [-0.39, 0.29) is 11.9 Å². The summed E-state index contributed by atoms with van der Waals surface area (Å²) in [6, 6.07) is 16.7. The van der Waals surface area contributed by atoms with E-state index in [1.807, 2.05) is 81.6 Å². The van der Waals surface area contributed by atoms with Crippen LogP contribution >= 0.6 is 0 Å². The first-order valence-corrected chi connectivity index (χ1v) is 8.63. The van der Waals surface area contributed by atoms with Gasteiger partial charge in [-0.05, 0) is 38.5 Å². The number of fused-ring (bicyclic) bond motifs is 1. The number of amides is 2. The van der Waals surface area contributed by atoms with Crippen LogP contribution in [0.25, 0.3) is 0 Å². The minimum Gasteiger partial charge on any atom is -0.444 e. The quantitative estimate of drug-likeness (QED) is 0.857. The fraction of sp³-hybridized carbons (Fsp3) is 0.286. The maximum atomic E-state index is 12.6. The molecule has 3 rings (SSSR count). The van der Waals surface area contributed by atoms with Crippen molar-refractivity contribution >= 4 is 18.2 Å². The first-order valence-electron chi connectivity index (χ1n) is 8.63. The Morgan fingerprint density at radius 2 is 1.73 bits per heavy atom. The van der Waals surface area contributed by atoms with Crippen molar-refractivity contribution in [2.24, 2.45) is 0 Å². The lowest BCUT2D eigenvalue weighted by molar-refractivity contribution is -0.425. The fourth-order valence-corrected chi connectivity index (χ4v) is 2.89. The van der Waals surface area contributed by atoms with Gasteiger partial charge in [0.15, 0.2) is 12.8 Å². The molecule has 2 aromatic carbocycles. The Morgan fingerprint density at radius 3 is 2.38 bits per heavy atom. The van der Waals surface area contributed by atoms with Crippen molar-refractivity contribution in [1.82, 2.24) is 5.32 Å². The average molecular weight is 351 g/mol. The van der Waals surface area contributed by atoms with Gasteiger partial charge in [-0.15, -0.1) is 0 Å². The number of nitrogens with zero attached hydrogens (tertiary/aromatic N) is 1. The van der Waals surface area contributed by atoms with Gasteiger partial charge in [0.25, 0.3) is 0 Å². The first-order chi connectivity index (χ1) is 12.3. The molecule has 2 amide bonds. The van der Waals surface area contributed by atoms with E-state index in [1.54, 1.807) is 4.58 Å². The standard InChI is InChI=1S/C21H22N2O3/c1-21(2,3)26-20(25)22-18(15-9-5-4-6-10-15)14-23-13-16-11-7-8-12-17(16)19(23)24/h4-13,18H,14H2,1-3H3/p+1/t18-/m0/s1. The molecule has 0 unspecified atom stereocenters. The summed E-state index contributed by atoms with van der Waals surface area (Å²) >= 11 is 0. The van der Waals surface area contributed by atoms with Crippen LogP contribution in [0, 0.1) is 0 Å². The molecule has 5 heteroatoms. The van der Waals surface area contributed by atoms with Crippen molar-refractivity contribution in [2.75, 3.05) is 6.54 Å². The summed E-state index contributed by atoms with van der Waals surface area (Å²) in [6.45, 7) is 5.78. The van der Waals surface area contributed by atoms with Crippen molar-refractivity contribution in [3.8, 4) is 0 Å². The number of nitrogens with one attached hydrogen (secondary N) is 1. The van der Waals surface area contributed by atoms with E-state index in [9.17, 15) is 9.59 Å². The summed E-state index contributed by atoms with van der Waals surface area (Å²) < 4.78 is 7.02. The van der Waals surface area contributed by atoms with E-state index < -0.39 is 11.7 Å². The van der Waals surface area contributed by atoms with Crippen molar-refractivity contribution < 1.29 is 18.9 Å². The Kier molecular flexibility index (Phi) is 4.89. The summed E-state index contributed by atoms with van der Waals surface area (Å²) in [5.74, 6) is -0.0625. The molecule has 0 fully saturated rings. The summed E-state index contributed by atoms with van der Waals surface area (Å²) in [4.78, 5) is 24.9. The van der Waals surface area contributed by atoms with Crippen LogP contribution in [0.4, 0.5) is 4.79 Å². The number of ether oxygens (including phenoxy) is 1. The topological polar surface area (TPSA) is 58.4 Å². The molecule has 2 aromatic rings. The number of hydrogen-bond acceptors (Lipinski definition) is 3. The third-order valence-corrected chi connectivity index (χ3v) is 4.02. The van der Waals surface area contributed by atoms with Gasteiger partial charge in [0.2, 0.25) is 0 Å². The summed E-state index contributed by atoms with van der Waals surface area (Å²) in [6.07, 6.45) is 1.32.